The van der Waals surface area contributed by atoms with Crippen molar-refractivity contribution >= 4 is 33.1 Å². The molecule has 1 saturated heterocycles. The molecule has 0 aliphatic carbocycles. The Morgan fingerprint density at radius 2 is 1.90 bits per heavy atom. The highest BCUT2D eigenvalue weighted by molar-refractivity contribution is 7.18. The maximum absolute atomic E-state index is 13.3. The highest BCUT2D eigenvalue weighted by Crippen LogP contribution is 2.36. The molecule has 1 atom stereocenters. The lowest BCUT2D eigenvalue weighted by Crippen LogP contribution is -2.38. The highest BCUT2D eigenvalue weighted by atomic mass is 32.1. The first-order valence-electron chi connectivity index (χ1n) is 10.1. The van der Waals surface area contributed by atoms with Crippen LogP contribution in [0.5, 0.6) is 0 Å². The van der Waals surface area contributed by atoms with Crippen LogP contribution in [-0.2, 0) is 0 Å². The molecule has 0 radical (unpaired) electrons. The number of likely N-dealkylation sites (tertiary alicyclic amines) is 1. The van der Waals surface area contributed by atoms with E-state index in [0.717, 1.165) is 34.5 Å². The SMILES string of the molecule is O=C(c1ccn(-c2ccc([N+](=O)[O-])cc2)n1)N1CCCCC1c1nc2ccccc2s1. The molecule has 8 nitrogen and oxygen atoms in total. The molecule has 9 heteroatoms. The molecule has 5 rings (SSSR count). The zero-order chi connectivity index (χ0) is 21.4. The van der Waals surface area contributed by atoms with Crippen molar-refractivity contribution in [3.05, 3.63) is 81.6 Å². The Balaban J connectivity index is 1.41. The fourth-order valence-corrected chi connectivity index (χ4v) is 5.04. The van der Waals surface area contributed by atoms with Gasteiger partial charge in [0.2, 0.25) is 0 Å². The molecule has 1 fully saturated rings. The quantitative estimate of drug-likeness (QED) is 0.342. The standard InChI is InChI=1S/C22H19N5O3S/c28-22(18-12-14-26(24-18)15-8-10-16(11-9-15)27(29)30)25-13-4-3-6-19(25)21-23-17-5-1-2-7-20(17)31-21/h1-2,5,7-12,14,19H,3-4,6,13H2. The van der Waals surface area contributed by atoms with Crippen LogP contribution in [0.1, 0.15) is 40.8 Å². The second-order valence-corrected chi connectivity index (χ2v) is 8.51. The lowest BCUT2D eigenvalue weighted by molar-refractivity contribution is -0.384. The first kappa shape index (κ1) is 19.4. The molecule has 3 heterocycles. The molecule has 156 valence electrons. The number of amides is 1. The van der Waals surface area contributed by atoms with Gasteiger partial charge in [0.25, 0.3) is 11.6 Å². The zero-order valence-electron chi connectivity index (χ0n) is 16.5. The summed E-state index contributed by atoms with van der Waals surface area (Å²) in [5, 5.41) is 16.3. The Labute approximate surface area is 181 Å². The number of nitro benzene ring substituents is 1. The number of hydrogen-bond acceptors (Lipinski definition) is 6. The van der Waals surface area contributed by atoms with Gasteiger partial charge in [0, 0.05) is 24.9 Å². The number of aromatic nitrogens is 3. The normalized spacial score (nSPS) is 16.5. The molecule has 1 amide bonds. The fourth-order valence-electron chi connectivity index (χ4n) is 3.92. The Morgan fingerprint density at radius 1 is 1.10 bits per heavy atom. The molecule has 4 aromatic rings. The van der Waals surface area contributed by atoms with Crippen molar-refractivity contribution in [2.75, 3.05) is 6.54 Å². The number of piperidine rings is 1. The summed E-state index contributed by atoms with van der Waals surface area (Å²) in [4.78, 5) is 30.4. The van der Waals surface area contributed by atoms with Gasteiger partial charge in [0.1, 0.15) is 5.01 Å². The molecule has 31 heavy (non-hydrogen) atoms. The van der Waals surface area contributed by atoms with Crippen molar-refractivity contribution in [1.82, 2.24) is 19.7 Å². The van der Waals surface area contributed by atoms with Crippen LogP contribution in [0.3, 0.4) is 0 Å². The minimum absolute atomic E-state index is 0.0131. The van der Waals surface area contributed by atoms with Gasteiger partial charge >= 0.3 is 0 Å². The van der Waals surface area contributed by atoms with Crippen LogP contribution in [0.4, 0.5) is 5.69 Å². The second-order valence-electron chi connectivity index (χ2n) is 7.45. The topological polar surface area (TPSA) is 94.2 Å². The van der Waals surface area contributed by atoms with Gasteiger partial charge in [0.15, 0.2) is 5.69 Å². The number of thiazole rings is 1. The number of benzene rings is 2. The van der Waals surface area contributed by atoms with E-state index in [1.54, 1.807) is 40.4 Å². The van der Waals surface area contributed by atoms with Crippen LogP contribution in [0, 0.1) is 10.1 Å². The van der Waals surface area contributed by atoms with Gasteiger partial charge in [-0.3, -0.25) is 14.9 Å². The van der Waals surface area contributed by atoms with E-state index in [1.807, 2.05) is 23.1 Å². The van der Waals surface area contributed by atoms with Crippen LogP contribution >= 0.6 is 11.3 Å². The molecule has 0 N–H and O–H groups in total. The summed E-state index contributed by atoms with van der Waals surface area (Å²) in [7, 11) is 0. The largest absolute Gasteiger partial charge is 0.328 e. The van der Waals surface area contributed by atoms with Crippen molar-refractivity contribution in [2.24, 2.45) is 0 Å². The molecule has 2 aromatic heterocycles. The number of para-hydroxylation sites is 1. The number of nitrogens with zero attached hydrogens (tertiary/aromatic N) is 5. The van der Waals surface area contributed by atoms with E-state index in [-0.39, 0.29) is 17.6 Å². The first-order valence-corrected chi connectivity index (χ1v) is 10.9. The van der Waals surface area contributed by atoms with Gasteiger partial charge < -0.3 is 4.90 Å². The molecule has 0 saturated carbocycles. The average Bonchev–Trinajstić information content (AvgIpc) is 3.46. The molecule has 1 aliphatic rings. The third-order valence-electron chi connectivity index (χ3n) is 5.49. The average molecular weight is 433 g/mol. The van der Waals surface area contributed by atoms with Crippen LogP contribution in [0.15, 0.2) is 60.8 Å². The van der Waals surface area contributed by atoms with E-state index in [0.29, 0.717) is 17.9 Å². The monoisotopic (exact) mass is 433 g/mol. The van der Waals surface area contributed by atoms with Crippen molar-refractivity contribution < 1.29 is 9.72 Å². The number of carbonyl (C=O) groups is 1. The van der Waals surface area contributed by atoms with Crippen molar-refractivity contribution in [3.8, 4) is 5.69 Å². The molecular formula is C22H19N5O3S. The van der Waals surface area contributed by atoms with E-state index >= 15 is 0 Å². The van der Waals surface area contributed by atoms with E-state index in [2.05, 4.69) is 11.2 Å². The Bertz CT molecular complexity index is 1230. The van der Waals surface area contributed by atoms with Gasteiger partial charge in [-0.1, -0.05) is 12.1 Å². The number of fused-ring (bicyclic) bond motifs is 1. The summed E-state index contributed by atoms with van der Waals surface area (Å²) in [6.07, 6.45) is 4.59. The van der Waals surface area contributed by atoms with Crippen molar-refractivity contribution in [1.29, 1.82) is 0 Å². The van der Waals surface area contributed by atoms with Gasteiger partial charge in [-0.05, 0) is 49.6 Å². The zero-order valence-corrected chi connectivity index (χ0v) is 17.4. The second kappa shape index (κ2) is 7.92. The van der Waals surface area contributed by atoms with Crippen LogP contribution in [-0.4, -0.2) is 37.0 Å². The summed E-state index contributed by atoms with van der Waals surface area (Å²) in [5.74, 6) is -0.121. The number of carbonyl (C=O) groups excluding carboxylic acids is 1. The minimum atomic E-state index is -0.444. The van der Waals surface area contributed by atoms with E-state index in [4.69, 9.17) is 4.98 Å². The number of nitro groups is 1. The third-order valence-corrected chi connectivity index (χ3v) is 6.63. The lowest BCUT2D eigenvalue weighted by Gasteiger charge is -2.34. The predicted octanol–water partition coefficient (Wildman–Crippen LogP) is 4.76. The summed E-state index contributed by atoms with van der Waals surface area (Å²) in [5.41, 5.74) is 1.99. The van der Waals surface area contributed by atoms with Gasteiger partial charge in [-0.2, -0.15) is 5.10 Å². The van der Waals surface area contributed by atoms with E-state index in [9.17, 15) is 14.9 Å². The number of hydrogen-bond donors (Lipinski definition) is 0. The van der Waals surface area contributed by atoms with Gasteiger partial charge in [0.05, 0.1) is 26.9 Å². The summed E-state index contributed by atoms with van der Waals surface area (Å²) in [6, 6.07) is 15.7. The maximum atomic E-state index is 13.3. The lowest BCUT2D eigenvalue weighted by atomic mass is 10.0. The Kier molecular flexibility index (Phi) is 4.95. The summed E-state index contributed by atoms with van der Waals surface area (Å²) in [6.45, 7) is 0.670. The Hall–Kier alpha value is -3.59. The third kappa shape index (κ3) is 3.68. The van der Waals surface area contributed by atoms with E-state index < -0.39 is 4.92 Å². The molecular weight excluding hydrogens is 414 g/mol. The summed E-state index contributed by atoms with van der Waals surface area (Å²) < 4.78 is 2.69. The first-order chi connectivity index (χ1) is 15.1. The molecule has 1 unspecified atom stereocenters. The van der Waals surface area contributed by atoms with Crippen molar-refractivity contribution in [2.45, 2.75) is 25.3 Å². The number of non-ortho nitro benzene ring substituents is 1. The molecule has 0 bridgehead atoms. The van der Waals surface area contributed by atoms with Crippen LogP contribution in [0.2, 0.25) is 0 Å². The molecule has 1 aliphatic heterocycles. The van der Waals surface area contributed by atoms with Crippen LogP contribution in [0.25, 0.3) is 15.9 Å². The van der Waals surface area contributed by atoms with Gasteiger partial charge in [-0.15, -0.1) is 11.3 Å². The highest BCUT2D eigenvalue weighted by Gasteiger charge is 2.32. The minimum Gasteiger partial charge on any atom is -0.328 e. The smallest absolute Gasteiger partial charge is 0.274 e. The van der Waals surface area contributed by atoms with Crippen molar-refractivity contribution in [3.63, 3.8) is 0 Å². The summed E-state index contributed by atoms with van der Waals surface area (Å²) >= 11 is 1.64. The Morgan fingerprint density at radius 3 is 2.68 bits per heavy atom. The van der Waals surface area contributed by atoms with Gasteiger partial charge in [-0.25, -0.2) is 9.67 Å². The van der Waals surface area contributed by atoms with E-state index in [1.165, 1.54) is 12.1 Å². The number of rotatable bonds is 4. The molecule has 0 spiro atoms. The fraction of sp³-hybridized carbons (Fsp3) is 0.227. The predicted molar refractivity (Wildman–Crippen MR) is 117 cm³/mol. The molecule has 2 aromatic carbocycles. The maximum Gasteiger partial charge on any atom is 0.274 e. The van der Waals surface area contributed by atoms with Crippen LogP contribution < -0.4 is 0 Å².